The van der Waals surface area contributed by atoms with Gasteiger partial charge in [-0.2, -0.15) is 5.26 Å². The summed E-state index contributed by atoms with van der Waals surface area (Å²) in [5.74, 6) is -3.35. The van der Waals surface area contributed by atoms with Gasteiger partial charge < -0.3 is 19.9 Å². The minimum atomic E-state index is -1.03. The van der Waals surface area contributed by atoms with Crippen LogP contribution in [0, 0.1) is 17.1 Å². The third-order valence-corrected chi connectivity index (χ3v) is 3.78. The van der Waals surface area contributed by atoms with Gasteiger partial charge in [-0.3, -0.25) is 4.79 Å². The van der Waals surface area contributed by atoms with E-state index in [2.05, 4.69) is 0 Å². The smallest absolute Gasteiger partial charge is 0.338 e. The Morgan fingerprint density at radius 2 is 2.00 bits per heavy atom. The van der Waals surface area contributed by atoms with Crippen LogP contribution < -0.4 is 5.73 Å². The summed E-state index contributed by atoms with van der Waals surface area (Å²) in [5, 5.41) is 9.52. The lowest BCUT2D eigenvalue weighted by Crippen LogP contribution is -2.27. The van der Waals surface area contributed by atoms with Crippen molar-refractivity contribution < 1.29 is 28.2 Å². The van der Waals surface area contributed by atoms with Crippen LogP contribution in [0.25, 0.3) is 0 Å². The van der Waals surface area contributed by atoms with Crippen molar-refractivity contribution in [3.63, 3.8) is 0 Å². The van der Waals surface area contributed by atoms with Crippen molar-refractivity contribution in [3.05, 3.63) is 58.4 Å². The molecule has 1 aliphatic rings. The zero-order valence-corrected chi connectivity index (χ0v) is 15.0. The summed E-state index contributed by atoms with van der Waals surface area (Å²) >= 11 is 0. The topological polar surface area (TPSA) is 112 Å². The third-order valence-electron chi connectivity index (χ3n) is 3.78. The van der Waals surface area contributed by atoms with Gasteiger partial charge in [-0.05, 0) is 31.5 Å². The van der Waals surface area contributed by atoms with Crippen LogP contribution in [-0.4, -0.2) is 25.2 Å². The monoisotopic (exact) mass is 374 g/mol. The lowest BCUT2D eigenvalue weighted by molar-refractivity contribution is -0.143. The van der Waals surface area contributed by atoms with Crippen molar-refractivity contribution in [2.24, 2.45) is 5.73 Å². The highest BCUT2D eigenvalue weighted by Crippen LogP contribution is 2.40. The van der Waals surface area contributed by atoms with Crippen LogP contribution in [0.4, 0.5) is 4.39 Å². The Labute approximate surface area is 155 Å². The molecule has 0 aromatic heterocycles. The highest BCUT2D eigenvalue weighted by molar-refractivity contribution is 5.93. The summed E-state index contributed by atoms with van der Waals surface area (Å²) in [7, 11) is 0. The van der Waals surface area contributed by atoms with E-state index in [4.69, 9.17) is 19.9 Å². The molecule has 0 aliphatic carbocycles. The van der Waals surface area contributed by atoms with E-state index in [0.717, 1.165) is 0 Å². The molecular weight excluding hydrogens is 355 g/mol. The van der Waals surface area contributed by atoms with E-state index in [1.54, 1.807) is 19.9 Å². The Hall–Kier alpha value is -3.34. The predicted octanol–water partition coefficient (Wildman–Crippen LogP) is 2.40. The van der Waals surface area contributed by atoms with Gasteiger partial charge >= 0.3 is 11.9 Å². The van der Waals surface area contributed by atoms with E-state index in [1.165, 1.54) is 18.2 Å². The van der Waals surface area contributed by atoms with Crippen molar-refractivity contribution in [2.75, 3.05) is 13.2 Å². The molecule has 0 saturated carbocycles. The summed E-state index contributed by atoms with van der Waals surface area (Å²) in [6.07, 6.45) is -0.382. The molecule has 0 radical (unpaired) electrons. The van der Waals surface area contributed by atoms with Gasteiger partial charge in [0, 0.05) is 0 Å². The number of hydrogen-bond acceptors (Lipinski definition) is 7. The first-order valence-corrected chi connectivity index (χ1v) is 8.31. The van der Waals surface area contributed by atoms with E-state index in [1.807, 2.05) is 6.07 Å². The molecule has 1 heterocycles. The molecule has 1 aromatic carbocycles. The maximum atomic E-state index is 13.8. The van der Waals surface area contributed by atoms with Crippen LogP contribution in [0.5, 0.6) is 0 Å². The van der Waals surface area contributed by atoms with Crippen molar-refractivity contribution in [2.45, 2.75) is 26.2 Å². The number of carbonyl (C=O) groups excluding carboxylic acids is 2. The molecule has 0 bridgehead atoms. The second-order valence-electron chi connectivity index (χ2n) is 5.52. The van der Waals surface area contributed by atoms with Crippen LogP contribution in [0.3, 0.4) is 0 Å². The average Bonchev–Trinajstić information content (AvgIpc) is 2.61. The Kier molecular flexibility index (Phi) is 6.55. The molecule has 7 nitrogen and oxygen atoms in total. The van der Waals surface area contributed by atoms with Crippen molar-refractivity contribution in [1.29, 1.82) is 5.26 Å². The molecule has 27 heavy (non-hydrogen) atoms. The number of hydrogen-bond donors (Lipinski definition) is 1. The van der Waals surface area contributed by atoms with E-state index in [0.29, 0.717) is 5.56 Å². The van der Waals surface area contributed by atoms with Crippen LogP contribution in [0.15, 0.2) is 47.1 Å². The number of allylic oxidation sites excluding steroid dienone is 1. The molecule has 0 amide bonds. The van der Waals surface area contributed by atoms with Crippen LogP contribution in [-0.2, 0) is 23.8 Å². The van der Waals surface area contributed by atoms with Crippen LogP contribution in [0.1, 0.15) is 31.7 Å². The fourth-order valence-electron chi connectivity index (χ4n) is 2.74. The standard InChI is InChI=1S/C19H19FN2O5/c1-3-25-15(23)9-14-17(19(24)26-4-2)16(13(10-21)18(22)27-14)11-6-5-7-12(20)8-11/h5-8,16H,3-4,9,22H2,1-2H3. The lowest BCUT2D eigenvalue weighted by atomic mass is 9.82. The normalized spacial score (nSPS) is 16.4. The predicted molar refractivity (Wildman–Crippen MR) is 92.0 cm³/mol. The number of carbonyl (C=O) groups is 2. The fraction of sp³-hybridized carbons (Fsp3) is 0.316. The molecule has 0 fully saturated rings. The van der Waals surface area contributed by atoms with Gasteiger partial charge in [0.2, 0.25) is 5.88 Å². The molecule has 1 aliphatic heterocycles. The molecule has 1 aromatic rings. The van der Waals surface area contributed by atoms with Crippen molar-refractivity contribution >= 4 is 11.9 Å². The summed E-state index contributed by atoms with van der Waals surface area (Å²) in [6, 6.07) is 7.30. The van der Waals surface area contributed by atoms with Gasteiger partial charge in [0.15, 0.2) is 0 Å². The quantitative estimate of drug-likeness (QED) is 0.761. The molecule has 0 spiro atoms. The SMILES string of the molecule is CCOC(=O)CC1=C(C(=O)OCC)C(c2cccc(F)c2)C(C#N)=C(N)O1. The number of esters is 2. The maximum absolute atomic E-state index is 13.8. The average molecular weight is 374 g/mol. The molecule has 142 valence electrons. The fourth-order valence-corrected chi connectivity index (χ4v) is 2.74. The Balaban J connectivity index is 2.64. The van der Waals surface area contributed by atoms with Crippen LogP contribution in [0.2, 0.25) is 0 Å². The van der Waals surface area contributed by atoms with E-state index >= 15 is 0 Å². The molecule has 2 N–H and O–H groups in total. The van der Waals surface area contributed by atoms with Gasteiger partial charge in [-0.1, -0.05) is 12.1 Å². The van der Waals surface area contributed by atoms with E-state index in [9.17, 15) is 19.2 Å². The lowest BCUT2D eigenvalue weighted by Gasteiger charge is -2.27. The molecule has 1 atom stereocenters. The maximum Gasteiger partial charge on any atom is 0.338 e. The Morgan fingerprint density at radius 3 is 2.59 bits per heavy atom. The Bertz CT molecular complexity index is 854. The zero-order chi connectivity index (χ0) is 20.0. The first-order valence-electron chi connectivity index (χ1n) is 8.31. The van der Waals surface area contributed by atoms with Gasteiger partial charge in [-0.25, -0.2) is 9.18 Å². The van der Waals surface area contributed by atoms with Gasteiger partial charge in [-0.15, -0.1) is 0 Å². The first-order chi connectivity index (χ1) is 12.9. The first kappa shape index (κ1) is 20.0. The van der Waals surface area contributed by atoms with Gasteiger partial charge in [0.1, 0.15) is 29.6 Å². The summed E-state index contributed by atoms with van der Waals surface area (Å²) in [4.78, 5) is 24.5. The van der Waals surface area contributed by atoms with E-state index < -0.39 is 23.7 Å². The number of ether oxygens (including phenoxy) is 3. The van der Waals surface area contributed by atoms with Crippen LogP contribution >= 0.6 is 0 Å². The second kappa shape index (κ2) is 8.85. The number of nitriles is 1. The Morgan fingerprint density at radius 1 is 1.30 bits per heavy atom. The number of nitrogens with two attached hydrogens (primary N) is 1. The van der Waals surface area contributed by atoms with Gasteiger partial charge in [0.25, 0.3) is 0 Å². The second-order valence-corrected chi connectivity index (χ2v) is 5.52. The molecular formula is C19H19FN2O5. The van der Waals surface area contributed by atoms with Gasteiger partial charge in [0.05, 0.1) is 24.7 Å². The summed E-state index contributed by atoms with van der Waals surface area (Å²) in [6.45, 7) is 3.45. The van der Waals surface area contributed by atoms with Crippen molar-refractivity contribution in [1.82, 2.24) is 0 Å². The summed E-state index contributed by atoms with van der Waals surface area (Å²) < 4.78 is 29.1. The number of rotatable bonds is 6. The third kappa shape index (κ3) is 4.44. The molecule has 2 rings (SSSR count). The minimum absolute atomic E-state index is 0.0615. The summed E-state index contributed by atoms with van der Waals surface area (Å²) in [5.41, 5.74) is 5.99. The zero-order valence-electron chi connectivity index (χ0n) is 15.0. The number of nitrogens with zero attached hydrogens (tertiary/aromatic N) is 1. The number of benzene rings is 1. The van der Waals surface area contributed by atoms with E-state index in [-0.39, 0.29) is 42.4 Å². The number of halogens is 1. The molecule has 8 heteroatoms. The molecule has 0 saturated heterocycles. The van der Waals surface area contributed by atoms with Crippen molar-refractivity contribution in [3.8, 4) is 6.07 Å². The highest BCUT2D eigenvalue weighted by Gasteiger charge is 2.38. The molecule has 1 unspecified atom stereocenters. The largest absolute Gasteiger partial charge is 0.466 e. The minimum Gasteiger partial charge on any atom is -0.466 e. The highest BCUT2D eigenvalue weighted by atomic mass is 19.1.